The monoisotopic (exact) mass is 504 g/mol. The maximum Gasteiger partial charge on any atom is 0.326 e. The quantitative estimate of drug-likeness (QED) is 0.252. The molecule has 0 saturated heterocycles. The fourth-order valence-electron chi connectivity index (χ4n) is 4.34. The molecule has 0 saturated carbocycles. The number of aromatic nitrogens is 2. The van der Waals surface area contributed by atoms with Crippen molar-refractivity contribution < 1.29 is 14.7 Å². The second-order valence-corrected chi connectivity index (χ2v) is 9.21. The number of carboxylic acids is 1. The highest BCUT2D eigenvalue weighted by atomic mass is 16.4. The molecule has 5 rings (SSSR count). The Balaban J connectivity index is 1.45. The number of aliphatic carboxylic acids is 1. The van der Waals surface area contributed by atoms with Crippen LogP contribution in [0.2, 0.25) is 0 Å². The molecule has 0 spiro atoms. The number of hydrogen-bond acceptors (Lipinski definition) is 4. The molecule has 1 unspecified atom stereocenters. The first-order valence-corrected chi connectivity index (χ1v) is 12.4. The minimum atomic E-state index is -1.09. The van der Waals surface area contributed by atoms with Gasteiger partial charge in [-0.05, 0) is 30.2 Å². The van der Waals surface area contributed by atoms with Gasteiger partial charge in [0.25, 0.3) is 5.91 Å². The molecule has 2 aromatic heterocycles. The molecule has 2 heterocycles. The molecule has 0 fully saturated rings. The summed E-state index contributed by atoms with van der Waals surface area (Å²) in [5.74, 6) is -0.736. The summed E-state index contributed by atoms with van der Waals surface area (Å²) in [6, 6.07) is 29.8. The normalized spacial score (nSPS) is 11.7. The van der Waals surface area contributed by atoms with Gasteiger partial charge in [-0.3, -0.25) is 9.20 Å². The van der Waals surface area contributed by atoms with Gasteiger partial charge in [0.2, 0.25) is 0 Å². The average Bonchev–Trinajstić information content (AvgIpc) is 3.30. The molecule has 3 N–H and O–H groups in total. The van der Waals surface area contributed by atoms with Gasteiger partial charge in [0.05, 0.1) is 0 Å². The molecule has 38 heavy (non-hydrogen) atoms. The fourth-order valence-corrected chi connectivity index (χ4v) is 4.34. The Morgan fingerprint density at radius 1 is 0.895 bits per heavy atom. The average molecular weight is 505 g/mol. The number of fused-ring (bicyclic) bond motifs is 1. The zero-order valence-corrected chi connectivity index (χ0v) is 21.0. The molecule has 0 aliphatic carbocycles. The Morgan fingerprint density at radius 3 is 2.21 bits per heavy atom. The van der Waals surface area contributed by atoms with Gasteiger partial charge in [-0.2, -0.15) is 0 Å². The van der Waals surface area contributed by atoms with Crippen molar-refractivity contribution in [3.8, 4) is 11.3 Å². The summed E-state index contributed by atoms with van der Waals surface area (Å²) in [5, 5.41) is 15.9. The molecule has 0 bridgehead atoms. The Kier molecular flexibility index (Phi) is 7.17. The number of nitrogens with one attached hydrogen (secondary N) is 2. The number of nitrogens with zero attached hydrogens (tertiary/aromatic N) is 2. The van der Waals surface area contributed by atoms with Crippen LogP contribution in [0.25, 0.3) is 16.9 Å². The lowest BCUT2D eigenvalue weighted by molar-refractivity contribution is -0.139. The van der Waals surface area contributed by atoms with Crippen LogP contribution in [0, 0.1) is 6.92 Å². The van der Waals surface area contributed by atoms with Gasteiger partial charge < -0.3 is 15.7 Å². The Bertz CT molecular complexity index is 1560. The van der Waals surface area contributed by atoms with Crippen LogP contribution in [0.1, 0.15) is 27.0 Å². The summed E-state index contributed by atoms with van der Waals surface area (Å²) < 4.78 is 1.91. The summed E-state index contributed by atoms with van der Waals surface area (Å²) in [6.45, 7) is 2.64. The van der Waals surface area contributed by atoms with E-state index in [-0.39, 0.29) is 6.42 Å². The molecule has 0 radical (unpaired) electrons. The minimum Gasteiger partial charge on any atom is -0.480 e. The topological polar surface area (TPSA) is 95.7 Å². The first kappa shape index (κ1) is 24.8. The maximum absolute atomic E-state index is 13.1. The highest BCUT2D eigenvalue weighted by Crippen LogP contribution is 2.30. The van der Waals surface area contributed by atoms with Crippen LogP contribution in [-0.4, -0.2) is 32.4 Å². The third kappa shape index (κ3) is 5.57. The van der Waals surface area contributed by atoms with E-state index in [1.807, 2.05) is 84.1 Å². The first-order valence-electron chi connectivity index (χ1n) is 12.4. The standard InChI is InChI=1S/C31H28N4O3/c1-21-12-14-24(15-13-21)28-29(32-20-23-10-6-3-7-11-23)35-17-16-25(19-27(35)34-28)30(36)33-26(31(37)38)18-22-8-4-2-5-9-22/h2-17,19,26,32H,18,20H2,1H3,(H,33,36)(H,37,38). The van der Waals surface area contributed by atoms with Crippen LogP contribution in [0.4, 0.5) is 5.82 Å². The van der Waals surface area contributed by atoms with Crippen LogP contribution in [0.15, 0.2) is 103 Å². The van der Waals surface area contributed by atoms with Gasteiger partial charge in [0, 0.05) is 30.3 Å². The van der Waals surface area contributed by atoms with Crippen molar-refractivity contribution in [3.63, 3.8) is 0 Å². The summed E-state index contributed by atoms with van der Waals surface area (Å²) in [6.07, 6.45) is 1.98. The lowest BCUT2D eigenvalue weighted by Crippen LogP contribution is -2.42. The van der Waals surface area contributed by atoms with Gasteiger partial charge in [-0.1, -0.05) is 90.5 Å². The predicted molar refractivity (Wildman–Crippen MR) is 148 cm³/mol. The number of anilines is 1. The number of carbonyl (C=O) groups excluding carboxylic acids is 1. The van der Waals surface area contributed by atoms with Gasteiger partial charge >= 0.3 is 5.97 Å². The van der Waals surface area contributed by atoms with E-state index in [1.54, 1.807) is 18.3 Å². The van der Waals surface area contributed by atoms with E-state index in [0.717, 1.165) is 33.8 Å². The van der Waals surface area contributed by atoms with Crippen LogP contribution in [0.3, 0.4) is 0 Å². The molecule has 190 valence electrons. The first-order chi connectivity index (χ1) is 18.5. The molecular weight excluding hydrogens is 476 g/mol. The van der Waals surface area contributed by atoms with Crippen molar-refractivity contribution >= 4 is 23.3 Å². The van der Waals surface area contributed by atoms with Crippen molar-refractivity contribution in [1.29, 1.82) is 0 Å². The Morgan fingerprint density at radius 2 is 1.55 bits per heavy atom. The minimum absolute atomic E-state index is 0.193. The van der Waals surface area contributed by atoms with Crippen LogP contribution < -0.4 is 10.6 Å². The highest BCUT2D eigenvalue weighted by Gasteiger charge is 2.22. The van der Waals surface area contributed by atoms with E-state index in [4.69, 9.17) is 4.98 Å². The zero-order valence-electron chi connectivity index (χ0n) is 21.0. The number of carbonyl (C=O) groups is 2. The van der Waals surface area contributed by atoms with E-state index in [0.29, 0.717) is 17.8 Å². The molecule has 7 heteroatoms. The second-order valence-electron chi connectivity index (χ2n) is 9.21. The Labute approximate surface area is 220 Å². The zero-order chi connectivity index (χ0) is 26.5. The summed E-state index contributed by atoms with van der Waals surface area (Å²) >= 11 is 0. The summed E-state index contributed by atoms with van der Waals surface area (Å²) in [5.41, 5.74) is 5.76. The van der Waals surface area contributed by atoms with Crippen molar-refractivity contribution in [2.24, 2.45) is 0 Å². The molecule has 1 amide bonds. The van der Waals surface area contributed by atoms with Crippen LogP contribution in [-0.2, 0) is 17.8 Å². The van der Waals surface area contributed by atoms with Gasteiger partial charge in [-0.25, -0.2) is 9.78 Å². The highest BCUT2D eigenvalue weighted by molar-refractivity contribution is 5.97. The van der Waals surface area contributed by atoms with Crippen molar-refractivity contribution in [3.05, 3.63) is 126 Å². The Hall–Kier alpha value is -4.91. The van der Waals surface area contributed by atoms with E-state index in [1.165, 1.54) is 0 Å². The molecular formula is C31H28N4O3. The molecule has 7 nitrogen and oxygen atoms in total. The fraction of sp³-hybridized carbons (Fsp3) is 0.129. The van der Waals surface area contributed by atoms with Crippen LogP contribution in [0.5, 0.6) is 0 Å². The van der Waals surface area contributed by atoms with E-state index in [2.05, 4.69) is 22.8 Å². The van der Waals surface area contributed by atoms with Gasteiger partial charge in [0.1, 0.15) is 23.2 Å². The number of hydrogen-bond donors (Lipinski definition) is 3. The smallest absolute Gasteiger partial charge is 0.326 e. The van der Waals surface area contributed by atoms with E-state index in [9.17, 15) is 14.7 Å². The molecule has 5 aromatic rings. The number of imidazole rings is 1. The lowest BCUT2D eigenvalue weighted by atomic mass is 10.1. The predicted octanol–water partition coefficient (Wildman–Crippen LogP) is 5.35. The van der Waals surface area contributed by atoms with E-state index < -0.39 is 17.9 Å². The number of pyridine rings is 1. The van der Waals surface area contributed by atoms with Gasteiger partial charge in [0.15, 0.2) is 0 Å². The third-order valence-corrected chi connectivity index (χ3v) is 6.40. The van der Waals surface area contributed by atoms with E-state index >= 15 is 0 Å². The number of aryl methyl sites for hydroxylation is 1. The maximum atomic E-state index is 13.1. The van der Waals surface area contributed by atoms with Crippen molar-refractivity contribution in [2.75, 3.05) is 5.32 Å². The molecule has 1 atom stereocenters. The SMILES string of the molecule is Cc1ccc(-c2nc3cc(C(=O)NC(Cc4ccccc4)C(=O)O)ccn3c2NCc2ccccc2)cc1. The van der Waals surface area contributed by atoms with Crippen molar-refractivity contribution in [1.82, 2.24) is 14.7 Å². The number of benzene rings is 3. The molecule has 0 aliphatic rings. The number of carboxylic acid groups (broad SMARTS) is 1. The molecule has 3 aromatic carbocycles. The lowest BCUT2D eigenvalue weighted by Gasteiger charge is -2.15. The second kappa shape index (κ2) is 11.0. The largest absolute Gasteiger partial charge is 0.480 e. The van der Waals surface area contributed by atoms with Gasteiger partial charge in [-0.15, -0.1) is 0 Å². The van der Waals surface area contributed by atoms with Crippen molar-refractivity contribution in [2.45, 2.75) is 25.9 Å². The number of rotatable bonds is 9. The van der Waals surface area contributed by atoms with Crippen LogP contribution >= 0.6 is 0 Å². The summed E-state index contributed by atoms with van der Waals surface area (Å²) in [4.78, 5) is 29.8. The molecule has 0 aliphatic heterocycles. The third-order valence-electron chi connectivity index (χ3n) is 6.40. The summed E-state index contributed by atoms with van der Waals surface area (Å²) in [7, 11) is 0. The number of amides is 1.